The maximum Gasteiger partial charge on any atom is 0.139 e. The Morgan fingerprint density at radius 3 is 2.50 bits per heavy atom. The minimum absolute atomic E-state index is 0.0475. The lowest BCUT2D eigenvalue weighted by atomic mass is 9.99. The summed E-state index contributed by atoms with van der Waals surface area (Å²) in [4.78, 5) is 8.01. The van der Waals surface area contributed by atoms with Crippen molar-refractivity contribution in [2.45, 2.75) is 31.5 Å². The first-order valence-electron chi connectivity index (χ1n) is 7.28. The molecule has 0 aliphatic carbocycles. The minimum Gasteiger partial charge on any atom is -0.366 e. The van der Waals surface area contributed by atoms with E-state index < -0.39 is 0 Å². The van der Waals surface area contributed by atoms with Crippen molar-refractivity contribution in [3.8, 4) is 0 Å². The van der Waals surface area contributed by atoms with E-state index in [0.29, 0.717) is 15.9 Å². The van der Waals surface area contributed by atoms with Crippen LogP contribution in [0, 0.1) is 0 Å². The lowest BCUT2D eigenvalue weighted by molar-refractivity contribution is -0.0265. The van der Waals surface area contributed by atoms with Gasteiger partial charge in [0.25, 0.3) is 0 Å². The molecular weight excluding hydrogens is 319 g/mol. The Labute approximate surface area is 140 Å². The molecule has 1 aliphatic heterocycles. The van der Waals surface area contributed by atoms with Gasteiger partial charge in [-0.15, -0.1) is 0 Å². The Bertz CT molecular complexity index is 641. The topological polar surface area (TPSA) is 35.0 Å². The van der Waals surface area contributed by atoms with Gasteiger partial charge in [0.05, 0.1) is 17.8 Å². The predicted octanol–water partition coefficient (Wildman–Crippen LogP) is 5.11. The molecule has 0 spiro atoms. The summed E-state index contributed by atoms with van der Waals surface area (Å²) in [7, 11) is 0. The van der Waals surface area contributed by atoms with E-state index in [-0.39, 0.29) is 12.2 Å². The van der Waals surface area contributed by atoms with Crippen LogP contribution in [-0.4, -0.2) is 16.1 Å². The number of rotatable bonds is 3. The largest absolute Gasteiger partial charge is 0.366 e. The van der Waals surface area contributed by atoms with Gasteiger partial charge in [-0.3, -0.25) is 0 Å². The van der Waals surface area contributed by atoms with E-state index in [1.807, 2.05) is 18.2 Å². The highest BCUT2D eigenvalue weighted by Crippen LogP contribution is 2.37. The molecule has 0 N–H and O–H groups in total. The van der Waals surface area contributed by atoms with E-state index in [0.717, 1.165) is 24.8 Å². The SMILES string of the molecule is Clc1ncnc(Cl)c1[C@@H]1CCC[C@H](/C=C/c2ccccc2)O1. The maximum absolute atomic E-state index is 6.15. The molecule has 0 unspecified atom stereocenters. The highest BCUT2D eigenvalue weighted by molar-refractivity contribution is 6.34. The first kappa shape index (κ1) is 15.5. The van der Waals surface area contributed by atoms with Gasteiger partial charge < -0.3 is 4.74 Å². The first-order chi connectivity index (χ1) is 10.7. The molecule has 1 aromatic heterocycles. The fourth-order valence-corrected chi connectivity index (χ4v) is 3.17. The second kappa shape index (κ2) is 7.23. The quantitative estimate of drug-likeness (QED) is 0.732. The zero-order chi connectivity index (χ0) is 15.4. The number of hydrogen-bond donors (Lipinski definition) is 0. The van der Waals surface area contributed by atoms with Gasteiger partial charge in [-0.25, -0.2) is 9.97 Å². The molecule has 114 valence electrons. The summed E-state index contributed by atoms with van der Waals surface area (Å²) in [6.45, 7) is 0. The van der Waals surface area contributed by atoms with Crippen LogP contribution in [0.4, 0.5) is 0 Å². The molecule has 1 saturated heterocycles. The standard InChI is InChI=1S/C17H16Cl2N2O/c18-16-15(17(19)21-11-20-16)14-8-4-7-13(22-14)10-9-12-5-2-1-3-6-12/h1-3,5-6,9-11,13-14H,4,7-8H2/b10-9+/t13-,14+/m1/s1. The number of nitrogens with zero attached hydrogens (tertiary/aromatic N) is 2. The first-order valence-corrected chi connectivity index (χ1v) is 8.04. The molecule has 3 nitrogen and oxygen atoms in total. The van der Waals surface area contributed by atoms with E-state index in [1.54, 1.807) is 0 Å². The normalized spacial score (nSPS) is 22.1. The maximum atomic E-state index is 6.15. The van der Waals surface area contributed by atoms with Crippen LogP contribution < -0.4 is 0 Å². The Morgan fingerprint density at radius 2 is 1.77 bits per heavy atom. The molecule has 2 heterocycles. The third-order valence-electron chi connectivity index (χ3n) is 3.71. The number of hydrogen-bond acceptors (Lipinski definition) is 3. The second-order valence-electron chi connectivity index (χ2n) is 5.23. The summed E-state index contributed by atoms with van der Waals surface area (Å²) in [6, 6.07) is 10.2. The number of halogens is 2. The molecule has 0 radical (unpaired) electrons. The molecule has 3 rings (SSSR count). The molecule has 0 amide bonds. The molecule has 1 aromatic carbocycles. The van der Waals surface area contributed by atoms with Crippen molar-refractivity contribution in [1.29, 1.82) is 0 Å². The molecular formula is C17H16Cl2N2O. The van der Waals surface area contributed by atoms with Crippen LogP contribution >= 0.6 is 23.2 Å². The average molecular weight is 335 g/mol. The second-order valence-corrected chi connectivity index (χ2v) is 5.95. The summed E-state index contributed by atoms with van der Waals surface area (Å²) in [5.74, 6) is 0. The molecule has 0 saturated carbocycles. The van der Waals surface area contributed by atoms with Crippen LogP contribution in [0.2, 0.25) is 10.3 Å². The molecule has 1 aliphatic rings. The Balaban J connectivity index is 1.73. The van der Waals surface area contributed by atoms with Crippen molar-refractivity contribution in [3.63, 3.8) is 0 Å². The zero-order valence-corrected chi connectivity index (χ0v) is 13.5. The summed E-state index contributed by atoms with van der Waals surface area (Å²) in [6.07, 6.45) is 8.35. The monoisotopic (exact) mass is 334 g/mol. The van der Waals surface area contributed by atoms with Crippen LogP contribution in [0.15, 0.2) is 42.7 Å². The van der Waals surface area contributed by atoms with E-state index in [4.69, 9.17) is 27.9 Å². The van der Waals surface area contributed by atoms with Crippen LogP contribution in [0.25, 0.3) is 6.08 Å². The van der Waals surface area contributed by atoms with E-state index in [2.05, 4.69) is 34.3 Å². The lowest BCUT2D eigenvalue weighted by Crippen LogP contribution is -2.21. The van der Waals surface area contributed by atoms with Gasteiger partial charge in [-0.05, 0) is 24.8 Å². The van der Waals surface area contributed by atoms with E-state index >= 15 is 0 Å². The van der Waals surface area contributed by atoms with Crippen molar-refractivity contribution in [2.75, 3.05) is 0 Å². The third-order valence-corrected chi connectivity index (χ3v) is 4.31. The number of benzene rings is 1. The van der Waals surface area contributed by atoms with Gasteiger partial charge in [0.1, 0.15) is 16.6 Å². The Morgan fingerprint density at radius 1 is 1.05 bits per heavy atom. The van der Waals surface area contributed by atoms with Crippen LogP contribution in [0.3, 0.4) is 0 Å². The fraction of sp³-hybridized carbons (Fsp3) is 0.294. The highest BCUT2D eigenvalue weighted by Gasteiger charge is 2.26. The van der Waals surface area contributed by atoms with Crippen LogP contribution in [-0.2, 0) is 4.74 Å². The van der Waals surface area contributed by atoms with Crippen molar-refractivity contribution >= 4 is 29.3 Å². The summed E-state index contributed by atoms with van der Waals surface area (Å²) in [5, 5.41) is 0.746. The molecule has 5 heteroatoms. The van der Waals surface area contributed by atoms with Gasteiger partial charge >= 0.3 is 0 Å². The van der Waals surface area contributed by atoms with Gasteiger partial charge in [0, 0.05) is 0 Å². The van der Waals surface area contributed by atoms with Crippen molar-refractivity contribution < 1.29 is 4.74 Å². The van der Waals surface area contributed by atoms with Crippen molar-refractivity contribution in [2.24, 2.45) is 0 Å². The summed E-state index contributed by atoms with van der Waals surface area (Å²) in [5.41, 5.74) is 1.86. The van der Waals surface area contributed by atoms with E-state index in [1.165, 1.54) is 6.33 Å². The zero-order valence-electron chi connectivity index (χ0n) is 12.0. The van der Waals surface area contributed by atoms with Gasteiger partial charge in [-0.2, -0.15) is 0 Å². The lowest BCUT2D eigenvalue weighted by Gasteiger charge is -2.29. The Kier molecular flexibility index (Phi) is 5.08. The molecule has 22 heavy (non-hydrogen) atoms. The molecule has 2 aromatic rings. The van der Waals surface area contributed by atoms with Gasteiger partial charge in [-0.1, -0.05) is 65.7 Å². The van der Waals surface area contributed by atoms with E-state index in [9.17, 15) is 0 Å². The Hall–Kier alpha value is -1.42. The van der Waals surface area contributed by atoms with Gasteiger partial charge in [0.15, 0.2) is 0 Å². The van der Waals surface area contributed by atoms with Gasteiger partial charge in [0.2, 0.25) is 0 Å². The number of ether oxygens (including phenoxy) is 1. The predicted molar refractivity (Wildman–Crippen MR) is 89.0 cm³/mol. The van der Waals surface area contributed by atoms with Crippen LogP contribution in [0.5, 0.6) is 0 Å². The average Bonchev–Trinajstić information content (AvgIpc) is 2.54. The van der Waals surface area contributed by atoms with Crippen molar-refractivity contribution in [1.82, 2.24) is 9.97 Å². The third kappa shape index (κ3) is 3.67. The fourth-order valence-electron chi connectivity index (χ4n) is 2.61. The smallest absolute Gasteiger partial charge is 0.139 e. The molecule has 1 fully saturated rings. The summed E-state index contributed by atoms with van der Waals surface area (Å²) < 4.78 is 6.12. The molecule has 2 atom stereocenters. The molecule has 0 bridgehead atoms. The number of aromatic nitrogens is 2. The highest BCUT2D eigenvalue weighted by atomic mass is 35.5. The van der Waals surface area contributed by atoms with Crippen molar-refractivity contribution in [3.05, 3.63) is 64.2 Å². The van der Waals surface area contributed by atoms with Crippen LogP contribution in [0.1, 0.15) is 36.5 Å². The minimum atomic E-state index is -0.152. The summed E-state index contributed by atoms with van der Waals surface area (Å²) >= 11 is 12.3.